The fourth-order valence-electron chi connectivity index (χ4n) is 3.61. The maximum absolute atomic E-state index is 9.14. The standard InChI is InChI=1S/C17H20IN3/c1-21(2)17(18)13-5-3-4-12(13)15-10-20-16-7-6-11(9-19)8-14(15)16/h6-8,10,12-13,17,20H,3-5H2,1-2H3/t12-,13?,17?/m0/s1. The second kappa shape index (κ2) is 5.98. The lowest BCUT2D eigenvalue weighted by atomic mass is 9.88. The van der Waals surface area contributed by atoms with Crippen LogP contribution in [0.15, 0.2) is 24.4 Å². The number of aromatic nitrogens is 1. The van der Waals surface area contributed by atoms with E-state index in [9.17, 15) is 0 Å². The molecule has 1 fully saturated rings. The first-order valence-electron chi connectivity index (χ1n) is 7.43. The minimum absolute atomic E-state index is 0.555. The van der Waals surface area contributed by atoms with Gasteiger partial charge in [-0.2, -0.15) is 5.26 Å². The van der Waals surface area contributed by atoms with Gasteiger partial charge in [0.05, 0.1) is 15.7 Å². The summed E-state index contributed by atoms with van der Waals surface area (Å²) >= 11 is 2.57. The van der Waals surface area contributed by atoms with E-state index in [2.05, 4.69) is 58.8 Å². The summed E-state index contributed by atoms with van der Waals surface area (Å²) in [6.07, 6.45) is 6.00. The first kappa shape index (κ1) is 14.9. The second-order valence-electron chi connectivity index (χ2n) is 6.15. The van der Waals surface area contributed by atoms with Crippen molar-refractivity contribution < 1.29 is 0 Å². The molecule has 0 amide bonds. The smallest absolute Gasteiger partial charge is 0.0991 e. The zero-order valence-corrected chi connectivity index (χ0v) is 14.6. The van der Waals surface area contributed by atoms with Gasteiger partial charge in [-0.3, -0.25) is 4.90 Å². The molecule has 3 rings (SSSR count). The minimum atomic E-state index is 0.555. The number of fused-ring (bicyclic) bond motifs is 1. The molecule has 110 valence electrons. The quantitative estimate of drug-likeness (QED) is 0.482. The van der Waals surface area contributed by atoms with Crippen LogP contribution >= 0.6 is 22.6 Å². The molecule has 1 aromatic carbocycles. The summed E-state index contributed by atoms with van der Waals surface area (Å²) in [5.74, 6) is 1.28. The molecule has 0 radical (unpaired) electrons. The molecule has 2 aromatic rings. The molecule has 1 N–H and O–H groups in total. The van der Waals surface area contributed by atoms with E-state index in [0.29, 0.717) is 15.9 Å². The SMILES string of the molecule is CN(C)C(I)C1CCC[C@@H]1c1c[nH]c2ccc(C#N)cc12. The summed E-state index contributed by atoms with van der Waals surface area (Å²) in [6.45, 7) is 0. The van der Waals surface area contributed by atoms with Crippen LogP contribution in [-0.2, 0) is 0 Å². The highest BCUT2D eigenvalue weighted by Gasteiger charge is 2.35. The van der Waals surface area contributed by atoms with Gasteiger partial charge in [0.1, 0.15) is 0 Å². The summed E-state index contributed by atoms with van der Waals surface area (Å²) < 4.78 is 0.555. The van der Waals surface area contributed by atoms with E-state index >= 15 is 0 Å². The number of benzene rings is 1. The minimum Gasteiger partial charge on any atom is -0.361 e. The van der Waals surface area contributed by atoms with Crippen LogP contribution in [0.3, 0.4) is 0 Å². The van der Waals surface area contributed by atoms with Crippen LogP contribution in [0.25, 0.3) is 10.9 Å². The van der Waals surface area contributed by atoms with Crippen molar-refractivity contribution in [1.29, 1.82) is 5.26 Å². The molecule has 4 heteroatoms. The van der Waals surface area contributed by atoms with E-state index < -0.39 is 0 Å². The van der Waals surface area contributed by atoms with E-state index in [1.54, 1.807) is 0 Å². The van der Waals surface area contributed by atoms with Crippen LogP contribution in [0, 0.1) is 17.2 Å². The van der Waals surface area contributed by atoms with E-state index in [1.807, 2.05) is 18.2 Å². The van der Waals surface area contributed by atoms with Crippen molar-refractivity contribution in [1.82, 2.24) is 9.88 Å². The van der Waals surface area contributed by atoms with Crippen molar-refractivity contribution in [2.24, 2.45) is 5.92 Å². The molecular weight excluding hydrogens is 373 g/mol. The van der Waals surface area contributed by atoms with Gasteiger partial charge in [-0.25, -0.2) is 0 Å². The number of aromatic amines is 1. The number of nitrogens with one attached hydrogen (secondary N) is 1. The van der Waals surface area contributed by atoms with Crippen molar-refractivity contribution in [3.63, 3.8) is 0 Å². The highest BCUT2D eigenvalue weighted by atomic mass is 127. The van der Waals surface area contributed by atoms with Crippen LogP contribution in [0.4, 0.5) is 0 Å². The lowest BCUT2D eigenvalue weighted by molar-refractivity contribution is 0.293. The molecule has 3 atom stereocenters. The first-order valence-corrected chi connectivity index (χ1v) is 8.68. The normalized spacial score (nSPS) is 23.6. The van der Waals surface area contributed by atoms with E-state index in [4.69, 9.17) is 5.26 Å². The molecule has 0 bridgehead atoms. The third kappa shape index (κ3) is 2.69. The van der Waals surface area contributed by atoms with Gasteiger partial charge in [-0.15, -0.1) is 0 Å². The molecule has 0 spiro atoms. The number of nitriles is 1. The molecule has 0 aliphatic heterocycles. The molecule has 0 saturated heterocycles. The molecule has 21 heavy (non-hydrogen) atoms. The molecule has 2 unspecified atom stereocenters. The number of hydrogen-bond donors (Lipinski definition) is 1. The Kier molecular flexibility index (Phi) is 4.23. The van der Waals surface area contributed by atoms with E-state index in [0.717, 1.165) is 11.1 Å². The maximum Gasteiger partial charge on any atom is 0.0991 e. The summed E-state index contributed by atoms with van der Waals surface area (Å²) in [5, 5.41) is 10.4. The Bertz CT molecular complexity index is 683. The van der Waals surface area contributed by atoms with Gasteiger partial charge in [0.2, 0.25) is 0 Å². The Hall–Kier alpha value is -1.06. The van der Waals surface area contributed by atoms with Crippen LogP contribution in [0.5, 0.6) is 0 Å². The number of rotatable bonds is 3. The highest BCUT2D eigenvalue weighted by molar-refractivity contribution is 14.1. The van der Waals surface area contributed by atoms with Gasteiger partial charge >= 0.3 is 0 Å². The third-order valence-electron chi connectivity index (χ3n) is 4.66. The predicted octanol–water partition coefficient (Wildman–Crippen LogP) is 4.25. The Balaban J connectivity index is 2.01. The van der Waals surface area contributed by atoms with Gasteiger partial charge in [0.15, 0.2) is 0 Å². The van der Waals surface area contributed by atoms with E-state index in [-0.39, 0.29) is 0 Å². The zero-order valence-electron chi connectivity index (χ0n) is 12.4. The topological polar surface area (TPSA) is 42.8 Å². The van der Waals surface area contributed by atoms with Crippen molar-refractivity contribution in [2.45, 2.75) is 29.2 Å². The Morgan fingerprint density at radius 1 is 1.38 bits per heavy atom. The number of halogens is 1. The predicted molar refractivity (Wildman–Crippen MR) is 94.6 cm³/mol. The largest absolute Gasteiger partial charge is 0.361 e. The van der Waals surface area contributed by atoms with Crippen molar-refractivity contribution in [3.8, 4) is 6.07 Å². The van der Waals surface area contributed by atoms with Crippen molar-refractivity contribution in [2.75, 3.05) is 14.1 Å². The Morgan fingerprint density at radius 2 is 2.19 bits per heavy atom. The van der Waals surface area contributed by atoms with Gasteiger partial charge < -0.3 is 4.98 Å². The fraction of sp³-hybridized carbons (Fsp3) is 0.471. The molecule has 1 saturated carbocycles. The molecule has 3 nitrogen and oxygen atoms in total. The molecule has 1 heterocycles. The summed E-state index contributed by atoms with van der Waals surface area (Å²) in [5.41, 5.74) is 3.29. The maximum atomic E-state index is 9.14. The first-order chi connectivity index (χ1) is 10.1. The Morgan fingerprint density at radius 3 is 2.90 bits per heavy atom. The van der Waals surface area contributed by atoms with E-state index in [1.165, 1.54) is 30.2 Å². The molecule has 1 aromatic heterocycles. The number of hydrogen-bond acceptors (Lipinski definition) is 2. The van der Waals surface area contributed by atoms with Gasteiger partial charge in [0, 0.05) is 17.1 Å². The monoisotopic (exact) mass is 393 g/mol. The van der Waals surface area contributed by atoms with Crippen LogP contribution < -0.4 is 0 Å². The molecular formula is C17H20IN3. The number of nitrogens with zero attached hydrogens (tertiary/aromatic N) is 2. The molecule has 1 aliphatic carbocycles. The van der Waals surface area contributed by atoms with Gasteiger partial charge in [-0.05, 0) is 62.5 Å². The van der Waals surface area contributed by atoms with Crippen LogP contribution in [-0.4, -0.2) is 28.0 Å². The number of H-pyrrole nitrogens is 1. The average Bonchev–Trinajstić information content (AvgIpc) is 3.11. The highest BCUT2D eigenvalue weighted by Crippen LogP contribution is 2.46. The lowest BCUT2D eigenvalue weighted by Gasteiger charge is -2.29. The number of alkyl halides is 1. The van der Waals surface area contributed by atoms with Crippen molar-refractivity contribution in [3.05, 3.63) is 35.5 Å². The lowest BCUT2D eigenvalue weighted by Crippen LogP contribution is -2.31. The average molecular weight is 393 g/mol. The summed E-state index contributed by atoms with van der Waals surface area (Å²) in [6, 6.07) is 8.20. The summed E-state index contributed by atoms with van der Waals surface area (Å²) in [4.78, 5) is 5.70. The van der Waals surface area contributed by atoms with Crippen LogP contribution in [0.2, 0.25) is 0 Å². The van der Waals surface area contributed by atoms with Gasteiger partial charge in [-0.1, -0.05) is 29.0 Å². The summed E-state index contributed by atoms with van der Waals surface area (Å²) in [7, 11) is 4.32. The second-order valence-corrected chi connectivity index (χ2v) is 7.43. The van der Waals surface area contributed by atoms with Crippen LogP contribution in [0.1, 0.15) is 36.3 Å². The third-order valence-corrected chi connectivity index (χ3v) is 6.70. The molecule has 1 aliphatic rings. The van der Waals surface area contributed by atoms with Crippen molar-refractivity contribution >= 4 is 33.5 Å². The zero-order chi connectivity index (χ0) is 15.0. The van der Waals surface area contributed by atoms with Gasteiger partial charge in [0.25, 0.3) is 0 Å². The fourth-order valence-corrected chi connectivity index (χ4v) is 4.47. The Labute approximate surface area is 139 Å².